The lowest BCUT2D eigenvalue weighted by Gasteiger charge is -2.15. The van der Waals surface area contributed by atoms with Crippen LogP contribution in [0.5, 0.6) is 0 Å². The number of anilines is 7. The minimum absolute atomic E-state index is 0.0448. The number of nitrogens with one attached hydrogen (secondary N) is 4. The monoisotopic (exact) mass is 915 g/mol. The Morgan fingerprint density at radius 2 is 1.10 bits per heavy atom. The lowest BCUT2D eigenvalue weighted by atomic mass is 10.1. The van der Waals surface area contributed by atoms with E-state index >= 15 is 0 Å². The average molecular weight is 917 g/mol. The third-order valence-electron chi connectivity index (χ3n) is 9.07. The van der Waals surface area contributed by atoms with Crippen LogP contribution in [-0.4, -0.2) is 53.1 Å². The van der Waals surface area contributed by atoms with Crippen molar-refractivity contribution in [1.29, 1.82) is 0 Å². The van der Waals surface area contributed by atoms with Crippen LogP contribution in [0, 0.1) is 0 Å². The van der Waals surface area contributed by atoms with E-state index in [9.17, 15) is 21.6 Å². The highest BCUT2D eigenvalue weighted by atomic mass is 35.5. The summed E-state index contributed by atoms with van der Waals surface area (Å²) in [5.41, 5.74) is 10.1. The van der Waals surface area contributed by atoms with Crippen LogP contribution in [0.15, 0.2) is 132 Å². The van der Waals surface area contributed by atoms with Gasteiger partial charge in [-0.2, -0.15) is 9.97 Å². The quantitative estimate of drug-likeness (QED) is 0.0427. The number of hydrogen-bond acceptors (Lipinski definition) is 14. The van der Waals surface area contributed by atoms with E-state index in [0.29, 0.717) is 54.3 Å². The van der Waals surface area contributed by atoms with Crippen LogP contribution in [-0.2, 0) is 44.0 Å². The van der Waals surface area contributed by atoms with Crippen molar-refractivity contribution in [3.63, 3.8) is 0 Å². The number of nitrogens with zero attached hydrogens (tertiary/aromatic N) is 4. The van der Waals surface area contributed by atoms with Crippen LogP contribution in [0.1, 0.15) is 44.4 Å². The third kappa shape index (κ3) is 12.5. The second-order valence-electron chi connectivity index (χ2n) is 14.3. The highest BCUT2D eigenvalue weighted by Crippen LogP contribution is 2.32. The summed E-state index contributed by atoms with van der Waals surface area (Å²) in [7, 11) is -6.98. The van der Waals surface area contributed by atoms with E-state index in [2.05, 4.69) is 47.8 Å². The SMILES string of the molecule is C=CC(=O)Cc1cccc(CNc2ncc(Cl)c(Nc3ccccc3S(=O)(=O)C(C)C)n2)c1.CC(C)S(=O)(=O)c1ccccc1Nc1nc(NCc2cccc(N)c2)ncc1Cl. The molecule has 324 valence electrons. The van der Waals surface area contributed by atoms with E-state index in [1.54, 1.807) is 76.2 Å². The molecule has 0 atom stereocenters. The normalized spacial score (nSPS) is 11.4. The van der Waals surface area contributed by atoms with Gasteiger partial charge in [0, 0.05) is 25.2 Å². The minimum atomic E-state index is -3.51. The number of aromatic nitrogens is 4. The van der Waals surface area contributed by atoms with Gasteiger partial charge in [-0.25, -0.2) is 26.8 Å². The molecule has 6 aromatic rings. The van der Waals surface area contributed by atoms with E-state index in [1.807, 2.05) is 48.5 Å². The molecule has 0 fully saturated rings. The fraction of sp³-hybridized carbons (Fsp3) is 0.205. The molecule has 0 aliphatic rings. The van der Waals surface area contributed by atoms with E-state index in [-0.39, 0.29) is 31.4 Å². The smallest absolute Gasteiger partial charge is 0.224 e. The number of carbonyl (C=O) groups excluding carboxylic acids is 1. The number of ketones is 1. The second kappa shape index (κ2) is 21.1. The molecular weight excluding hydrogens is 870 g/mol. The van der Waals surface area contributed by atoms with Crippen molar-refractivity contribution in [2.24, 2.45) is 0 Å². The Morgan fingerprint density at radius 1 is 0.661 bits per heavy atom. The number of para-hydroxylation sites is 2. The number of nitrogen functional groups attached to an aromatic ring is 1. The van der Waals surface area contributed by atoms with Crippen molar-refractivity contribution in [3.05, 3.63) is 149 Å². The van der Waals surface area contributed by atoms with Crippen molar-refractivity contribution in [3.8, 4) is 0 Å². The van der Waals surface area contributed by atoms with Crippen LogP contribution in [0.4, 0.5) is 40.6 Å². The average Bonchev–Trinajstić information content (AvgIpc) is 3.24. The number of benzene rings is 4. The fourth-order valence-electron chi connectivity index (χ4n) is 5.67. The molecule has 0 saturated heterocycles. The van der Waals surface area contributed by atoms with Crippen molar-refractivity contribution in [1.82, 2.24) is 19.9 Å². The molecule has 0 aliphatic heterocycles. The number of sulfone groups is 2. The highest BCUT2D eigenvalue weighted by Gasteiger charge is 2.24. The first kappa shape index (κ1) is 47.0. The Bertz CT molecular complexity index is 2770. The number of rotatable bonds is 17. The van der Waals surface area contributed by atoms with Gasteiger partial charge in [0.2, 0.25) is 11.9 Å². The number of halogens is 2. The highest BCUT2D eigenvalue weighted by molar-refractivity contribution is 7.92. The number of nitrogens with two attached hydrogens (primary N) is 1. The molecule has 6 N–H and O–H groups in total. The fourth-order valence-corrected chi connectivity index (χ4v) is 8.35. The summed E-state index contributed by atoms with van der Waals surface area (Å²) in [6.07, 6.45) is 4.50. The number of carbonyl (C=O) groups is 1. The lowest BCUT2D eigenvalue weighted by Crippen LogP contribution is -2.15. The molecule has 0 unspecified atom stereocenters. The molecular formula is C44H47Cl2N9O5S2. The molecule has 0 amide bonds. The van der Waals surface area contributed by atoms with Gasteiger partial charge in [-0.1, -0.05) is 90.4 Å². The Labute approximate surface area is 372 Å². The summed E-state index contributed by atoms with van der Waals surface area (Å²) in [5.74, 6) is 1.22. The molecule has 0 bridgehead atoms. The zero-order valence-electron chi connectivity index (χ0n) is 34.4. The summed E-state index contributed by atoms with van der Waals surface area (Å²) >= 11 is 12.5. The topological polar surface area (TPSA) is 211 Å². The zero-order valence-corrected chi connectivity index (χ0v) is 37.6. The summed E-state index contributed by atoms with van der Waals surface area (Å²) < 4.78 is 50.8. The van der Waals surface area contributed by atoms with E-state index in [1.165, 1.54) is 18.5 Å². The van der Waals surface area contributed by atoms with E-state index < -0.39 is 30.2 Å². The molecule has 0 spiro atoms. The minimum Gasteiger partial charge on any atom is -0.399 e. The Hall–Kier alpha value is -6.07. The van der Waals surface area contributed by atoms with Crippen molar-refractivity contribution in [2.75, 3.05) is 27.0 Å². The first-order chi connectivity index (χ1) is 29.5. The van der Waals surface area contributed by atoms with Gasteiger partial charge in [0.15, 0.2) is 37.1 Å². The first-order valence-corrected chi connectivity index (χ1v) is 23.1. The molecule has 14 nitrogen and oxygen atoms in total. The van der Waals surface area contributed by atoms with E-state index in [4.69, 9.17) is 28.9 Å². The Morgan fingerprint density at radius 3 is 1.55 bits per heavy atom. The van der Waals surface area contributed by atoms with Gasteiger partial charge in [-0.15, -0.1) is 0 Å². The van der Waals surface area contributed by atoms with Crippen LogP contribution >= 0.6 is 23.2 Å². The number of hydrogen-bond donors (Lipinski definition) is 5. The first-order valence-electron chi connectivity index (χ1n) is 19.3. The van der Waals surface area contributed by atoms with Crippen molar-refractivity contribution < 1.29 is 21.6 Å². The van der Waals surface area contributed by atoms with Gasteiger partial charge in [0.25, 0.3) is 0 Å². The maximum atomic E-state index is 12.7. The second-order valence-corrected chi connectivity index (χ2v) is 20.1. The summed E-state index contributed by atoms with van der Waals surface area (Å²) in [6.45, 7) is 11.0. The van der Waals surface area contributed by atoms with Gasteiger partial charge >= 0.3 is 0 Å². The summed E-state index contributed by atoms with van der Waals surface area (Å²) in [4.78, 5) is 29.1. The molecule has 2 aromatic heterocycles. The molecule has 62 heavy (non-hydrogen) atoms. The maximum absolute atomic E-state index is 12.7. The largest absolute Gasteiger partial charge is 0.399 e. The van der Waals surface area contributed by atoms with Gasteiger partial charge in [-0.3, -0.25) is 4.79 Å². The molecule has 0 aliphatic carbocycles. The van der Waals surface area contributed by atoms with Crippen molar-refractivity contribution >= 4 is 89.3 Å². The van der Waals surface area contributed by atoms with Gasteiger partial charge in [0.1, 0.15) is 10.0 Å². The molecule has 6 rings (SSSR count). The van der Waals surface area contributed by atoms with Gasteiger partial charge in [0.05, 0.1) is 44.1 Å². The van der Waals surface area contributed by atoms with Crippen LogP contribution in [0.2, 0.25) is 10.0 Å². The molecule has 2 heterocycles. The van der Waals surface area contributed by atoms with Gasteiger partial charge < -0.3 is 27.0 Å². The molecule has 0 saturated carbocycles. The zero-order chi connectivity index (χ0) is 45.0. The van der Waals surface area contributed by atoms with Crippen molar-refractivity contribution in [2.45, 2.75) is 67.5 Å². The Balaban J connectivity index is 0.000000236. The Kier molecular flexibility index (Phi) is 16.0. The molecule has 18 heteroatoms. The number of allylic oxidation sites excluding steroid dienone is 1. The molecule has 0 radical (unpaired) electrons. The summed E-state index contributed by atoms with van der Waals surface area (Å²) in [5, 5.41) is 11.7. The van der Waals surface area contributed by atoms with E-state index in [0.717, 1.165) is 16.7 Å². The third-order valence-corrected chi connectivity index (χ3v) is 14.0. The maximum Gasteiger partial charge on any atom is 0.224 e. The lowest BCUT2D eigenvalue weighted by molar-refractivity contribution is -0.114. The van der Waals surface area contributed by atoms with Gasteiger partial charge in [-0.05, 0) is 86.9 Å². The van der Waals surface area contributed by atoms with Crippen LogP contribution < -0.4 is 27.0 Å². The molecule has 4 aromatic carbocycles. The predicted molar refractivity (Wildman–Crippen MR) is 249 cm³/mol. The predicted octanol–water partition coefficient (Wildman–Crippen LogP) is 9.22. The van der Waals surface area contributed by atoms with Crippen LogP contribution in [0.25, 0.3) is 0 Å². The van der Waals surface area contributed by atoms with Crippen LogP contribution in [0.3, 0.4) is 0 Å². The standard InChI is InChI=1S/C24H25ClN4O3S.C20H22ClN5O2S/c1-4-19(30)13-17-8-7-9-18(12-17)14-26-24-27-15-20(25)23(29-24)28-21-10-5-6-11-22(21)33(31,32)16(2)3;1-13(2)29(27,28)18-9-4-3-8-17(18)25-19-16(21)12-24-20(26-19)23-11-14-6-5-7-15(22)10-14/h4-12,15-16H,1,13-14H2,2-3H3,(H2,26,27,28,29);3-10,12-13H,11,22H2,1-2H3,(H2,23,24,25,26). The summed E-state index contributed by atoms with van der Waals surface area (Å²) in [6, 6.07) is 28.4.